The van der Waals surface area contributed by atoms with E-state index >= 15 is 0 Å². The van der Waals surface area contributed by atoms with E-state index in [0.717, 1.165) is 5.56 Å². The third-order valence-corrected chi connectivity index (χ3v) is 4.32. The Morgan fingerprint density at radius 1 is 1.11 bits per heavy atom. The van der Waals surface area contributed by atoms with Gasteiger partial charge in [0.15, 0.2) is 11.7 Å². The van der Waals surface area contributed by atoms with Crippen molar-refractivity contribution < 1.29 is 14.1 Å². The van der Waals surface area contributed by atoms with Crippen LogP contribution in [0.4, 0.5) is 5.13 Å². The van der Waals surface area contributed by atoms with Crippen LogP contribution in [0.2, 0.25) is 0 Å². The standard InChI is InChI=1S/C19H14N4O3S/c24-18(22-19-20-10-11-27-19)14-8-4-5-9-15(14)25-12-16-21-17(23-26-16)13-6-2-1-3-7-13/h1-11H,12H2,(H,20,22,24). The molecule has 0 bridgehead atoms. The minimum atomic E-state index is -0.295. The van der Waals surface area contributed by atoms with Crippen LogP contribution in [-0.4, -0.2) is 21.0 Å². The van der Waals surface area contributed by atoms with Crippen LogP contribution in [0.25, 0.3) is 11.4 Å². The van der Waals surface area contributed by atoms with Crippen LogP contribution in [0.5, 0.6) is 5.75 Å². The van der Waals surface area contributed by atoms with E-state index in [1.807, 2.05) is 30.3 Å². The minimum absolute atomic E-state index is 0.0569. The van der Waals surface area contributed by atoms with Crippen molar-refractivity contribution >= 4 is 22.4 Å². The Labute approximate surface area is 158 Å². The molecular weight excluding hydrogens is 364 g/mol. The summed E-state index contributed by atoms with van der Waals surface area (Å²) in [6, 6.07) is 16.5. The number of ether oxygens (including phenoxy) is 1. The molecule has 2 aromatic heterocycles. The number of benzene rings is 2. The molecule has 1 amide bonds. The zero-order valence-electron chi connectivity index (χ0n) is 14.0. The number of amides is 1. The molecule has 2 heterocycles. The minimum Gasteiger partial charge on any atom is -0.483 e. The van der Waals surface area contributed by atoms with Gasteiger partial charge in [-0.25, -0.2) is 4.98 Å². The van der Waals surface area contributed by atoms with E-state index in [-0.39, 0.29) is 12.5 Å². The number of thiazole rings is 1. The topological polar surface area (TPSA) is 90.1 Å². The van der Waals surface area contributed by atoms with E-state index in [1.165, 1.54) is 11.3 Å². The lowest BCUT2D eigenvalue weighted by atomic mass is 10.2. The fourth-order valence-corrected chi connectivity index (χ4v) is 2.91. The molecule has 0 aliphatic rings. The van der Waals surface area contributed by atoms with Gasteiger partial charge in [0.1, 0.15) is 5.75 Å². The van der Waals surface area contributed by atoms with Crippen LogP contribution in [0.15, 0.2) is 70.7 Å². The van der Waals surface area contributed by atoms with Gasteiger partial charge in [-0.15, -0.1) is 11.3 Å². The van der Waals surface area contributed by atoms with E-state index in [2.05, 4.69) is 20.4 Å². The van der Waals surface area contributed by atoms with Gasteiger partial charge in [-0.2, -0.15) is 4.98 Å². The van der Waals surface area contributed by atoms with Gasteiger partial charge >= 0.3 is 0 Å². The molecule has 1 N–H and O–H groups in total. The van der Waals surface area contributed by atoms with Crippen molar-refractivity contribution in [2.24, 2.45) is 0 Å². The van der Waals surface area contributed by atoms with Gasteiger partial charge < -0.3 is 9.26 Å². The molecule has 0 saturated heterocycles. The van der Waals surface area contributed by atoms with Crippen LogP contribution in [0, 0.1) is 0 Å². The highest BCUT2D eigenvalue weighted by Crippen LogP contribution is 2.22. The van der Waals surface area contributed by atoms with Crippen molar-refractivity contribution in [3.05, 3.63) is 77.6 Å². The molecule has 0 aliphatic heterocycles. The number of hydrogen-bond donors (Lipinski definition) is 1. The zero-order chi connectivity index (χ0) is 18.5. The number of carbonyl (C=O) groups is 1. The molecule has 0 saturated carbocycles. The molecule has 4 rings (SSSR count). The molecule has 27 heavy (non-hydrogen) atoms. The number of aromatic nitrogens is 3. The second-order valence-corrected chi connectivity index (χ2v) is 6.35. The molecule has 0 spiro atoms. The molecule has 0 fully saturated rings. The van der Waals surface area contributed by atoms with Gasteiger partial charge in [0.25, 0.3) is 11.8 Å². The van der Waals surface area contributed by atoms with Crippen molar-refractivity contribution in [3.8, 4) is 17.1 Å². The van der Waals surface area contributed by atoms with E-state index < -0.39 is 0 Å². The van der Waals surface area contributed by atoms with Crippen LogP contribution < -0.4 is 10.1 Å². The first-order valence-corrected chi connectivity index (χ1v) is 8.98. The van der Waals surface area contributed by atoms with E-state index in [1.54, 1.807) is 35.8 Å². The quantitative estimate of drug-likeness (QED) is 0.545. The van der Waals surface area contributed by atoms with Gasteiger partial charge in [0.2, 0.25) is 5.82 Å². The lowest BCUT2D eigenvalue weighted by Gasteiger charge is -2.09. The highest BCUT2D eigenvalue weighted by molar-refractivity contribution is 7.13. The fraction of sp³-hybridized carbons (Fsp3) is 0.0526. The molecule has 0 radical (unpaired) electrons. The first kappa shape index (κ1) is 16.9. The third kappa shape index (κ3) is 4.01. The number of hydrogen-bond acceptors (Lipinski definition) is 7. The maximum atomic E-state index is 12.5. The molecule has 4 aromatic rings. The Bertz CT molecular complexity index is 1030. The highest BCUT2D eigenvalue weighted by atomic mass is 32.1. The average Bonchev–Trinajstić information content (AvgIpc) is 3.39. The molecule has 0 atom stereocenters. The summed E-state index contributed by atoms with van der Waals surface area (Å²) in [4.78, 5) is 20.8. The SMILES string of the molecule is O=C(Nc1nccs1)c1ccccc1OCc1nc(-c2ccccc2)no1. The molecular formula is C19H14N4O3S. The summed E-state index contributed by atoms with van der Waals surface area (Å²) < 4.78 is 11.0. The van der Waals surface area contributed by atoms with Crippen LogP contribution in [0.3, 0.4) is 0 Å². The molecule has 2 aromatic carbocycles. The molecule has 0 unspecified atom stereocenters. The van der Waals surface area contributed by atoms with Crippen LogP contribution >= 0.6 is 11.3 Å². The van der Waals surface area contributed by atoms with E-state index in [4.69, 9.17) is 9.26 Å². The summed E-state index contributed by atoms with van der Waals surface area (Å²) in [5, 5.41) is 9.01. The first-order valence-electron chi connectivity index (χ1n) is 8.10. The second kappa shape index (κ2) is 7.79. The number of carbonyl (C=O) groups excluding carboxylic acids is 1. The van der Waals surface area contributed by atoms with Crippen molar-refractivity contribution in [2.45, 2.75) is 6.61 Å². The lowest BCUT2D eigenvalue weighted by Crippen LogP contribution is -2.13. The van der Waals surface area contributed by atoms with Crippen molar-refractivity contribution in [1.29, 1.82) is 0 Å². The third-order valence-electron chi connectivity index (χ3n) is 3.64. The molecule has 7 nitrogen and oxygen atoms in total. The number of nitrogens with zero attached hydrogens (tertiary/aromatic N) is 3. The average molecular weight is 378 g/mol. The Kier molecular flexibility index (Phi) is 4.88. The van der Waals surface area contributed by atoms with Crippen LogP contribution in [0.1, 0.15) is 16.2 Å². The van der Waals surface area contributed by atoms with Gasteiger partial charge in [0.05, 0.1) is 5.56 Å². The van der Waals surface area contributed by atoms with Gasteiger partial charge in [0, 0.05) is 17.1 Å². The maximum Gasteiger partial charge on any atom is 0.264 e. The van der Waals surface area contributed by atoms with Gasteiger partial charge in [-0.05, 0) is 12.1 Å². The molecule has 134 valence electrons. The smallest absolute Gasteiger partial charge is 0.264 e. The van der Waals surface area contributed by atoms with E-state index in [0.29, 0.717) is 28.2 Å². The Balaban J connectivity index is 1.46. The molecule has 8 heteroatoms. The number of anilines is 1. The fourth-order valence-electron chi connectivity index (χ4n) is 2.39. The van der Waals surface area contributed by atoms with Crippen molar-refractivity contribution in [1.82, 2.24) is 15.1 Å². The highest BCUT2D eigenvalue weighted by Gasteiger charge is 2.15. The van der Waals surface area contributed by atoms with Gasteiger partial charge in [-0.1, -0.05) is 47.6 Å². The van der Waals surface area contributed by atoms with Crippen molar-refractivity contribution in [2.75, 3.05) is 5.32 Å². The Morgan fingerprint density at radius 3 is 2.74 bits per heavy atom. The summed E-state index contributed by atoms with van der Waals surface area (Å²) in [7, 11) is 0. The number of nitrogens with one attached hydrogen (secondary N) is 1. The largest absolute Gasteiger partial charge is 0.483 e. The summed E-state index contributed by atoms with van der Waals surface area (Å²) >= 11 is 1.35. The monoisotopic (exact) mass is 378 g/mol. The second-order valence-electron chi connectivity index (χ2n) is 5.45. The predicted octanol–water partition coefficient (Wildman–Crippen LogP) is 4.02. The molecule has 0 aliphatic carbocycles. The van der Waals surface area contributed by atoms with E-state index in [9.17, 15) is 4.79 Å². The summed E-state index contributed by atoms with van der Waals surface area (Å²) in [5.41, 5.74) is 1.26. The maximum absolute atomic E-state index is 12.5. The lowest BCUT2D eigenvalue weighted by molar-refractivity contribution is 0.102. The van der Waals surface area contributed by atoms with Crippen LogP contribution in [-0.2, 0) is 6.61 Å². The number of rotatable bonds is 6. The Morgan fingerprint density at radius 2 is 1.93 bits per heavy atom. The van der Waals surface area contributed by atoms with Crippen molar-refractivity contribution in [3.63, 3.8) is 0 Å². The normalized spacial score (nSPS) is 10.5. The number of para-hydroxylation sites is 1. The predicted molar refractivity (Wildman–Crippen MR) is 101 cm³/mol. The summed E-state index contributed by atoms with van der Waals surface area (Å²) in [5.74, 6) is 0.940. The summed E-state index contributed by atoms with van der Waals surface area (Å²) in [6.07, 6.45) is 1.63. The zero-order valence-corrected chi connectivity index (χ0v) is 14.8. The van der Waals surface area contributed by atoms with Gasteiger partial charge in [-0.3, -0.25) is 10.1 Å². The summed E-state index contributed by atoms with van der Waals surface area (Å²) in [6.45, 7) is 0.0569. The first-order chi connectivity index (χ1) is 13.3. The Hall–Kier alpha value is -3.52.